The van der Waals surface area contributed by atoms with Gasteiger partial charge in [0.2, 0.25) is 5.91 Å². The quantitative estimate of drug-likeness (QED) is 0.342. The Morgan fingerprint density at radius 3 is 2.22 bits per heavy atom. The van der Waals surface area contributed by atoms with Gasteiger partial charge in [0.05, 0.1) is 37.4 Å². The lowest BCUT2D eigenvalue weighted by molar-refractivity contribution is -0.148. The van der Waals surface area contributed by atoms with Crippen molar-refractivity contribution in [1.82, 2.24) is 10.6 Å². The number of aliphatic carboxylic acids is 1. The predicted molar refractivity (Wildman–Crippen MR) is 151 cm³/mol. The molecule has 1 saturated heterocycles. The molecule has 2 aliphatic rings. The van der Waals surface area contributed by atoms with E-state index in [1.807, 2.05) is 66.7 Å². The standard InChI is InChI=1S/C32H34N2O7/c1-20(40-16-21-10-4-3-5-11-21)28(29(35)36)34-30(37)32(2)19-39-18-27(32)33-31(38)41-17-26-24-14-8-6-12-22(24)23-13-7-9-15-25(23)26/h3-15,20,26-28H,16-19H2,1-2H3,(H,33,38)(H,34,37)(H,35,36)/t20-,27?,28+,32?/m0/s1. The number of nitrogens with one attached hydrogen (secondary N) is 2. The molecule has 214 valence electrons. The van der Waals surface area contributed by atoms with Gasteiger partial charge < -0.3 is 30.0 Å². The van der Waals surface area contributed by atoms with Crippen LogP contribution in [-0.2, 0) is 30.4 Å². The molecule has 0 bridgehead atoms. The van der Waals surface area contributed by atoms with E-state index >= 15 is 0 Å². The smallest absolute Gasteiger partial charge is 0.407 e. The van der Waals surface area contributed by atoms with Gasteiger partial charge in [-0.05, 0) is 41.7 Å². The first-order valence-corrected chi connectivity index (χ1v) is 13.7. The largest absolute Gasteiger partial charge is 0.480 e. The maximum atomic E-state index is 13.4. The lowest BCUT2D eigenvalue weighted by Crippen LogP contribution is -2.58. The zero-order valence-corrected chi connectivity index (χ0v) is 23.0. The van der Waals surface area contributed by atoms with Gasteiger partial charge in [-0.25, -0.2) is 9.59 Å². The normalized spacial score (nSPS) is 20.9. The highest BCUT2D eigenvalue weighted by atomic mass is 16.6. The van der Waals surface area contributed by atoms with Crippen LogP contribution in [0.3, 0.4) is 0 Å². The second-order valence-corrected chi connectivity index (χ2v) is 10.7. The Morgan fingerprint density at radius 1 is 0.976 bits per heavy atom. The molecule has 3 N–H and O–H groups in total. The third-order valence-corrected chi connectivity index (χ3v) is 7.99. The summed E-state index contributed by atoms with van der Waals surface area (Å²) in [5, 5.41) is 15.2. The summed E-state index contributed by atoms with van der Waals surface area (Å²) < 4.78 is 17.0. The fourth-order valence-corrected chi connectivity index (χ4v) is 5.46. The van der Waals surface area contributed by atoms with Crippen LogP contribution in [0.25, 0.3) is 11.1 Å². The molecule has 0 saturated carbocycles. The number of carboxylic acid groups (broad SMARTS) is 1. The first-order chi connectivity index (χ1) is 19.8. The van der Waals surface area contributed by atoms with Crippen LogP contribution in [-0.4, -0.2) is 61.1 Å². The van der Waals surface area contributed by atoms with Crippen LogP contribution in [0.4, 0.5) is 4.79 Å². The monoisotopic (exact) mass is 558 g/mol. The number of hydrogen-bond acceptors (Lipinski definition) is 6. The molecule has 2 unspecified atom stereocenters. The van der Waals surface area contributed by atoms with Crippen molar-refractivity contribution in [3.8, 4) is 11.1 Å². The van der Waals surface area contributed by atoms with Gasteiger partial charge in [0, 0.05) is 5.92 Å². The minimum atomic E-state index is -1.29. The first kappa shape index (κ1) is 28.3. The molecule has 0 radical (unpaired) electrons. The van der Waals surface area contributed by atoms with Crippen molar-refractivity contribution < 1.29 is 33.7 Å². The van der Waals surface area contributed by atoms with E-state index in [9.17, 15) is 19.5 Å². The van der Waals surface area contributed by atoms with Crippen LogP contribution in [0.15, 0.2) is 78.9 Å². The Hall–Kier alpha value is -4.21. The molecule has 4 atom stereocenters. The average Bonchev–Trinajstić information content (AvgIpc) is 3.51. The molecular weight excluding hydrogens is 524 g/mol. The SMILES string of the molecule is C[C@H](OCc1ccccc1)[C@@H](NC(=O)C1(C)COCC1NC(=O)OCC1c2ccccc2-c2ccccc21)C(=O)O. The minimum Gasteiger partial charge on any atom is -0.480 e. The maximum absolute atomic E-state index is 13.4. The molecule has 1 fully saturated rings. The number of alkyl carbamates (subject to hydrolysis) is 1. The van der Waals surface area contributed by atoms with Crippen LogP contribution < -0.4 is 10.6 Å². The lowest BCUT2D eigenvalue weighted by Gasteiger charge is -2.31. The van der Waals surface area contributed by atoms with E-state index in [2.05, 4.69) is 22.8 Å². The molecule has 9 heteroatoms. The summed E-state index contributed by atoms with van der Waals surface area (Å²) in [6.07, 6.45) is -1.48. The fraction of sp³-hybridized carbons (Fsp3) is 0.344. The zero-order valence-electron chi connectivity index (χ0n) is 23.0. The molecule has 0 aromatic heterocycles. The number of fused-ring (bicyclic) bond motifs is 3. The van der Waals surface area contributed by atoms with E-state index in [1.165, 1.54) is 0 Å². The first-order valence-electron chi connectivity index (χ1n) is 13.7. The van der Waals surface area contributed by atoms with Crippen molar-refractivity contribution in [2.24, 2.45) is 5.41 Å². The molecule has 9 nitrogen and oxygen atoms in total. The van der Waals surface area contributed by atoms with Crippen molar-refractivity contribution in [3.05, 3.63) is 95.6 Å². The van der Waals surface area contributed by atoms with Crippen LogP contribution in [0, 0.1) is 5.41 Å². The van der Waals surface area contributed by atoms with Gasteiger partial charge in [0.15, 0.2) is 6.04 Å². The summed E-state index contributed by atoms with van der Waals surface area (Å²) >= 11 is 0. The minimum absolute atomic E-state index is 0.0126. The number of carboxylic acids is 1. The van der Waals surface area contributed by atoms with E-state index in [-0.39, 0.29) is 32.3 Å². The number of rotatable bonds is 10. The third-order valence-electron chi connectivity index (χ3n) is 7.99. The van der Waals surface area contributed by atoms with Crippen LogP contribution in [0.2, 0.25) is 0 Å². The molecular formula is C32H34N2O7. The second kappa shape index (κ2) is 12.1. The molecule has 3 aromatic rings. The topological polar surface area (TPSA) is 123 Å². The summed E-state index contributed by atoms with van der Waals surface area (Å²) in [5.74, 6) is -1.87. The molecule has 1 heterocycles. The number of hydrogen-bond donors (Lipinski definition) is 3. The summed E-state index contributed by atoms with van der Waals surface area (Å²) in [4.78, 5) is 38.3. The Balaban J connectivity index is 1.19. The van der Waals surface area contributed by atoms with E-state index < -0.39 is 41.6 Å². The highest BCUT2D eigenvalue weighted by molar-refractivity contribution is 5.89. The Morgan fingerprint density at radius 2 is 1.59 bits per heavy atom. The summed E-state index contributed by atoms with van der Waals surface area (Å²) in [7, 11) is 0. The number of ether oxygens (including phenoxy) is 3. The van der Waals surface area contributed by atoms with Gasteiger partial charge in [-0.15, -0.1) is 0 Å². The highest BCUT2D eigenvalue weighted by Crippen LogP contribution is 2.44. The molecule has 41 heavy (non-hydrogen) atoms. The number of carbonyl (C=O) groups is 3. The lowest BCUT2D eigenvalue weighted by atomic mass is 9.84. The summed E-state index contributed by atoms with van der Waals surface area (Å²) in [6, 6.07) is 23.5. The van der Waals surface area contributed by atoms with Crippen molar-refractivity contribution in [1.29, 1.82) is 0 Å². The van der Waals surface area contributed by atoms with Gasteiger partial charge in [-0.2, -0.15) is 0 Å². The number of benzene rings is 3. The van der Waals surface area contributed by atoms with Crippen LogP contribution >= 0.6 is 0 Å². The molecule has 5 rings (SSSR count). The van der Waals surface area contributed by atoms with Crippen molar-refractivity contribution in [2.45, 2.75) is 44.6 Å². The van der Waals surface area contributed by atoms with Gasteiger partial charge in [0.1, 0.15) is 6.61 Å². The molecule has 1 aliphatic heterocycles. The van der Waals surface area contributed by atoms with E-state index in [1.54, 1.807) is 13.8 Å². The van der Waals surface area contributed by atoms with E-state index in [0.717, 1.165) is 27.8 Å². The predicted octanol–water partition coefficient (Wildman–Crippen LogP) is 4.10. The number of carbonyl (C=O) groups excluding carboxylic acids is 2. The van der Waals surface area contributed by atoms with Crippen molar-refractivity contribution in [2.75, 3.05) is 19.8 Å². The molecule has 1 aliphatic carbocycles. The van der Waals surface area contributed by atoms with E-state index in [0.29, 0.717) is 0 Å². The Labute approximate surface area is 238 Å². The Kier molecular flexibility index (Phi) is 8.37. The third kappa shape index (κ3) is 5.96. The van der Waals surface area contributed by atoms with Gasteiger partial charge >= 0.3 is 12.1 Å². The highest BCUT2D eigenvalue weighted by Gasteiger charge is 2.48. The van der Waals surface area contributed by atoms with Crippen LogP contribution in [0.5, 0.6) is 0 Å². The van der Waals surface area contributed by atoms with Gasteiger partial charge in [0.25, 0.3) is 0 Å². The van der Waals surface area contributed by atoms with Crippen LogP contribution in [0.1, 0.15) is 36.5 Å². The van der Waals surface area contributed by atoms with Crippen molar-refractivity contribution >= 4 is 18.0 Å². The molecule has 2 amide bonds. The average molecular weight is 559 g/mol. The summed E-state index contributed by atoms with van der Waals surface area (Å²) in [5.41, 5.74) is 4.12. The van der Waals surface area contributed by atoms with E-state index in [4.69, 9.17) is 14.2 Å². The van der Waals surface area contributed by atoms with Gasteiger partial charge in [-0.1, -0.05) is 78.9 Å². The van der Waals surface area contributed by atoms with Gasteiger partial charge in [-0.3, -0.25) is 4.79 Å². The molecule has 3 aromatic carbocycles. The Bertz CT molecular complexity index is 1370. The summed E-state index contributed by atoms with van der Waals surface area (Å²) in [6.45, 7) is 3.67. The van der Waals surface area contributed by atoms with Crippen molar-refractivity contribution in [3.63, 3.8) is 0 Å². The fourth-order valence-electron chi connectivity index (χ4n) is 5.46. The molecule has 0 spiro atoms. The second-order valence-electron chi connectivity index (χ2n) is 10.7. The maximum Gasteiger partial charge on any atom is 0.407 e. The zero-order chi connectivity index (χ0) is 29.0. The number of amides is 2.